The van der Waals surface area contributed by atoms with Crippen LogP contribution in [0.15, 0.2) is 24.7 Å². The molecule has 8 nitrogen and oxygen atoms in total. The lowest BCUT2D eigenvalue weighted by Crippen LogP contribution is -1.93. The summed E-state index contributed by atoms with van der Waals surface area (Å²) in [5.41, 5.74) is 1.64. The number of H-pyrrole nitrogens is 1. The van der Waals surface area contributed by atoms with E-state index in [1.54, 1.807) is 20.4 Å². The monoisotopic (exact) mass is 356 g/mol. The van der Waals surface area contributed by atoms with E-state index in [-0.39, 0.29) is 0 Å². The molecule has 0 bridgehead atoms. The molecule has 0 aliphatic heterocycles. The van der Waals surface area contributed by atoms with Crippen molar-refractivity contribution in [1.29, 1.82) is 0 Å². The van der Waals surface area contributed by atoms with Gasteiger partial charge in [-0.1, -0.05) is 11.3 Å². The Morgan fingerprint density at radius 1 is 1.08 bits per heavy atom. The molecule has 0 saturated heterocycles. The highest BCUT2D eigenvalue weighted by Gasteiger charge is 2.15. The smallest absolute Gasteiger partial charge is 0.184 e. The summed E-state index contributed by atoms with van der Waals surface area (Å²) in [6.45, 7) is 0. The molecular weight excluding hydrogens is 340 g/mol. The van der Waals surface area contributed by atoms with Crippen LogP contribution in [0.4, 0.5) is 16.0 Å². The van der Waals surface area contributed by atoms with Gasteiger partial charge in [-0.25, -0.2) is 15.0 Å². The summed E-state index contributed by atoms with van der Waals surface area (Å²) >= 11 is 1.51. The molecule has 1 aromatic carbocycles. The van der Waals surface area contributed by atoms with Gasteiger partial charge in [0.2, 0.25) is 0 Å². The summed E-state index contributed by atoms with van der Waals surface area (Å²) < 4.78 is 10.8. The molecule has 25 heavy (non-hydrogen) atoms. The van der Waals surface area contributed by atoms with E-state index in [4.69, 9.17) is 9.47 Å². The lowest BCUT2D eigenvalue weighted by molar-refractivity contribution is 0.356. The standard InChI is InChI=1S/C16H16N6O2S/c1-17-16-18-6-12(25-16)22-15-13-8-4-10(23-2)11(24-3)5-9(8)21-14(13)19-7-20-15/h4-7H,1-3H3,(H,17,18)(H2,19,20,21,22). The summed E-state index contributed by atoms with van der Waals surface area (Å²) in [7, 11) is 5.07. The third kappa shape index (κ3) is 2.58. The van der Waals surface area contributed by atoms with Gasteiger partial charge in [0.1, 0.15) is 22.8 Å². The number of aromatic amines is 1. The Labute approximate surface area is 147 Å². The Morgan fingerprint density at radius 3 is 2.60 bits per heavy atom. The molecule has 3 N–H and O–H groups in total. The summed E-state index contributed by atoms with van der Waals surface area (Å²) in [4.78, 5) is 16.3. The number of benzene rings is 1. The first-order chi connectivity index (χ1) is 12.2. The third-order valence-corrected chi connectivity index (χ3v) is 4.78. The zero-order chi connectivity index (χ0) is 17.4. The summed E-state index contributed by atoms with van der Waals surface area (Å²) in [5.74, 6) is 2.01. The molecule has 3 heterocycles. The lowest BCUT2D eigenvalue weighted by Gasteiger charge is -2.08. The van der Waals surface area contributed by atoms with Gasteiger partial charge in [-0.15, -0.1) is 0 Å². The summed E-state index contributed by atoms with van der Waals surface area (Å²) in [6, 6.07) is 3.82. The Hall–Kier alpha value is -3.07. The van der Waals surface area contributed by atoms with Crippen LogP contribution < -0.4 is 20.1 Å². The number of anilines is 3. The summed E-state index contributed by atoms with van der Waals surface area (Å²) in [6.07, 6.45) is 3.29. The number of fused-ring (bicyclic) bond motifs is 3. The van der Waals surface area contributed by atoms with E-state index in [2.05, 4.69) is 30.6 Å². The molecule has 0 aliphatic rings. The Bertz CT molecular complexity index is 1060. The highest BCUT2D eigenvalue weighted by atomic mass is 32.1. The fourth-order valence-electron chi connectivity index (χ4n) is 2.71. The molecule has 0 unspecified atom stereocenters. The van der Waals surface area contributed by atoms with Crippen molar-refractivity contribution in [2.24, 2.45) is 0 Å². The van der Waals surface area contributed by atoms with Crippen molar-refractivity contribution in [3.63, 3.8) is 0 Å². The zero-order valence-electron chi connectivity index (χ0n) is 13.9. The van der Waals surface area contributed by atoms with Gasteiger partial charge in [0.25, 0.3) is 0 Å². The van der Waals surface area contributed by atoms with E-state index in [0.29, 0.717) is 17.3 Å². The third-order valence-electron chi connectivity index (χ3n) is 3.85. The minimum Gasteiger partial charge on any atom is -0.493 e. The van der Waals surface area contributed by atoms with Crippen molar-refractivity contribution in [2.45, 2.75) is 0 Å². The number of thiazole rings is 1. The molecule has 0 aliphatic carbocycles. The number of rotatable bonds is 5. The van der Waals surface area contributed by atoms with Crippen LogP contribution in [0.1, 0.15) is 0 Å². The molecule has 4 rings (SSSR count). The highest BCUT2D eigenvalue weighted by molar-refractivity contribution is 7.19. The quantitative estimate of drug-likeness (QED) is 0.504. The maximum absolute atomic E-state index is 5.42. The molecule has 0 radical (unpaired) electrons. The second-order valence-corrected chi connectivity index (χ2v) is 6.26. The second-order valence-electron chi connectivity index (χ2n) is 5.23. The van der Waals surface area contributed by atoms with Crippen LogP contribution in [0.5, 0.6) is 11.5 Å². The SMILES string of the molecule is CNc1ncc(Nc2ncnc3[nH]c4cc(OC)c(OC)cc4c23)s1. The van der Waals surface area contributed by atoms with E-state index in [0.717, 1.165) is 32.1 Å². The van der Waals surface area contributed by atoms with E-state index in [1.165, 1.54) is 17.7 Å². The molecule has 0 amide bonds. The molecule has 3 aromatic heterocycles. The van der Waals surface area contributed by atoms with Crippen molar-refractivity contribution in [1.82, 2.24) is 19.9 Å². The zero-order valence-corrected chi connectivity index (χ0v) is 14.7. The van der Waals surface area contributed by atoms with Crippen molar-refractivity contribution < 1.29 is 9.47 Å². The number of aromatic nitrogens is 4. The van der Waals surface area contributed by atoms with Crippen molar-refractivity contribution in [3.05, 3.63) is 24.7 Å². The summed E-state index contributed by atoms with van der Waals surface area (Å²) in [5, 5.41) is 9.90. The maximum atomic E-state index is 5.42. The Kier molecular flexibility index (Phi) is 3.77. The number of nitrogens with one attached hydrogen (secondary N) is 3. The van der Waals surface area contributed by atoms with Gasteiger partial charge < -0.3 is 25.1 Å². The van der Waals surface area contributed by atoms with Crippen LogP contribution in [0.25, 0.3) is 21.9 Å². The second kappa shape index (κ2) is 6.10. The predicted molar refractivity (Wildman–Crippen MR) is 99.4 cm³/mol. The Morgan fingerprint density at radius 2 is 1.88 bits per heavy atom. The normalized spacial score (nSPS) is 11.0. The van der Waals surface area contributed by atoms with Gasteiger partial charge in [-0.05, 0) is 6.07 Å². The minimum absolute atomic E-state index is 0.654. The Balaban J connectivity index is 1.89. The molecular formula is C16H16N6O2S. The number of methoxy groups -OCH3 is 2. The van der Waals surface area contributed by atoms with Gasteiger partial charge in [-0.3, -0.25) is 0 Å². The van der Waals surface area contributed by atoms with Crippen LogP contribution in [0.3, 0.4) is 0 Å². The first kappa shape index (κ1) is 15.5. The number of hydrogen-bond donors (Lipinski definition) is 3. The molecule has 4 aromatic rings. The first-order valence-corrected chi connectivity index (χ1v) is 8.34. The van der Waals surface area contributed by atoms with Crippen LogP contribution >= 0.6 is 11.3 Å². The average molecular weight is 356 g/mol. The van der Waals surface area contributed by atoms with Crippen molar-refractivity contribution >= 4 is 49.2 Å². The fourth-order valence-corrected chi connectivity index (χ4v) is 3.38. The van der Waals surface area contributed by atoms with Crippen LogP contribution in [-0.2, 0) is 0 Å². The molecule has 0 saturated carbocycles. The van der Waals surface area contributed by atoms with Gasteiger partial charge >= 0.3 is 0 Å². The molecule has 0 spiro atoms. The predicted octanol–water partition coefficient (Wildman–Crippen LogP) is 3.37. The van der Waals surface area contributed by atoms with E-state index < -0.39 is 0 Å². The molecule has 9 heteroatoms. The number of ether oxygens (including phenoxy) is 2. The molecule has 0 fully saturated rings. The van der Waals surface area contributed by atoms with Crippen molar-refractivity contribution in [3.8, 4) is 11.5 Å². The maximum Gasteiger partial charge on any atom is 0.184 e. The van der Waals surface area contributed by atoms with Gasteiger partial charge in [0.15, 0.2) is 16.6 Å². The fraction of sp³-hybridized carbons (Fsp3) is 0.188. The van der Waals surface area contributed by atoms with Crippen LogP contribution in [-0.4, -0.2) is 41.2 Å². The molecule has 0 atom stereocenters. The lowest BCUT2D eigenvalue weighted by atomic mass is 10.2. The average Bonchev–Trinajstić information content (AvgIpc) is 3.24. The van der Waals surface area contributed by atoms with Gasteiger partial charge in [-0.2, -0.15) is 0 Å². The van der Waals surface area contributed by atoms with E-state index in [9.17, 15) is 0 Å². The van der Waals surface area contributed by atoms with E-state index in [1.807, 2.05) is 19.2 Å². The van der Waals surface area contributed by atoms with Gasteiger partial charge in [0, 0.05) is 18.5 Å². The topological polar surface area (TPSA) is 97.0 Å². The van der Waals surface area contributed by atoms with E-state index >= 15 is 0 Å². The minimum atomic E-state index is 0.654. The molecule has 128 valence electrons. The number of hydrogen-bond acceptors (Lipinski definition) is 8. The highest BCUT2D eigenvalue weighted by Crippen LogP contribution is 2.38. The largest absolute Gasteiger partial charge is 0.493 e. The van der Waals surface area contributed by atoms with Crippen LogP contribution in [0.2, 0.25) is 0 Å². The van der Waals surface area contributed by atoms with Gasteiger partial charge in [0.05, 0.1) is 31.3 Å². The first-order valence-electron chi connectivity index (χ1n) is 7.52. The van der Waals surface area contributed by atoms with Crippen LogP contribution in [0, 0.1) is 0 Å². The van der Waals surface area contributed by atoms with Crippen molar-refractivity contribution in [2.75, 3.05) is 31.9 Å². The number of nitrogens with zero attached hydrogens (tertiary/aromatic N) is 3.